The number of H-pyrrole nitrogens is 2. The third-order valence-electron chi connectivity index (χ3n) is 6.75. The molecule has 0 aliphatic carbocycles. The lowest BCUT2D eigenvalue weighted by atomic mass is 9.85. The molecule has 0 saturated heterocycles. The predicted molar refractivity (Wildman–Crippen MR) is 140 cm³/mol. The molecule has 0 aliphatic rings. The number of aromatic amines is 2. The molecule has 1 amide bonds. The van der Waals surface area contributed by atoms with Crippen molar-refractivity contribution in [2.45, 2.75) is 19.3 Å². The number of para-hydroxylation sites is 3. The molecule has 0 aliphatic heterocycles. The smallest absolute Gasteiger partial charge is 0.291 e. The molecule has 0 atom stereocenters. The molecular weight excluding hydrogens is 434 g/mol. The molecule has 172 valence electrons. The standard InChI is InChI=1S/C30H25N3O2/c1-19-14-15-35-29(19)30(34)33-26-11-5-2-8-20(26)16-23(24-17-31-27-12-6-3-9-21(24)27)25-18-32-28-13-7-4-10-22(25)28/h2-15,17-18,23,31-32H,16H2,1H3,(H,33,34). The van der Waals surface area contributed by atoms with Crippen LogP contribution in [-0.2, 0) is 6.42 Å². The SMILES string of the molecule is Cc1ccoc1C(=O)Nc1ccccc1CC(c1c[nH]c2ccccc12)c1c[nH]c2ccccc12. The van der Waals surface area contributed by atoms with Crippen molar-refractivity contribution in [3.63, 3.8) is 0 Å². The van der Waals surface area contributed by atoms with E-state index >= 15 is 0 Å². The fraction of sp³-hybridized carbons (Fsp3) is 0.100. The minimum Gasteiger partial charge on any atom is -0.459 e. The number of amides is 1. The van der Waals surface area contributed by atoms with Crippen LogP contribution in [0.25, 0.3) is 21.8 Å². The summed E-state index contributed by atoms with van der Waals surface area (Å²) in [6, 6.07) is 26.6. The fourth-order valence-electron chi connectivity index (χ4n) is 4.98. The van der Waals surface area contributed by atoms with Crippen LogP contribution in [0.3, 0.4) is 0 Å². The van der Waals surface area contributed by atoms with Gasteiger partial charge in [-0.05, 0) is 54.3 Å². The molecule has 3 aromatic heterocycles. The van der Waals surface area contributed by atoms with E-state index in [-0.39, 0.29) is 11.8 Å². The highest BCUT2D eigenvalue weighted by Gasteiger charge is 2.23. The first-order chi connectivity index (χ1) is 17.2. The summed E-state index contributed by atoms with van der Waals surface area (Å²) >= 11 is 0. The highest BCUT2D eigenvalue weighted by Crippen LogP contribution is 2.38. The van der Waals surface area contributed by atoms with E-state index in [1.165, 1.54) is 21.9 Å². The van der Waals surface area contributed by atoms with E-state index in [2.05, 4.69) is 70.1 Å². The van der Waals surface area contributed by atoms with E-state index in [4.69, 9.17) is 4.42 Å². The molecule has 0 saturated carbocycles. The average molecular weight is 460 g/mol. The lowest BCUT2D eigenvalue weighted by Crippen LogP contribution is -2.14. The number of aryl methyl sites for hydroxylation is 1. The first-order valence-corrected chi connectivity index (χ1v) is 11.7. The van der Waals surface area contributed by atoms with Gasteiger partial charge in [-0.25, -0.2) is 0 Å². The molecule has 5 heteroatoms. The van der Waals surface area contributed by atoms with Crippen molar-refractivity contribution in [3.8, 4) is 0 Å². The molecule has 0 radical (unpaired) electrons. The van der Waals surface area contributed by atoms with E-state index in [0.29, 0.717) is 5.76 Å². The monoisotopic (exact) mass is 459 g/mol. The van der Waals surface area contributed by atoms with Crippen LogP contribution >= 0.6 is 0 Å². The Kier molecular flexibility index (Phi) is 5.23. The summed E-state index contributed by atoms with van der Waals surface area (Å²) in [4.78, 5) is 19.8. The number of benzene rings is 3. The maximum atomic E-state index is 12.9. The maximum Gasteiger partial charge on any atom is 0.291 e. The molecule has 3 N–H and O–H groups in total. The van der Waals surface area contributed by atoms with Crippen LogP contribution in [0, 0.1) is 6.92 Å². The average Bonchev–Trinajstić information content (AvgIpc) is 3.62. The van der Waals surface area contributed by atoms with Gasteiger partial charge in [-0.2, -0.15) is 0 Å². The topological polar surface area (TPSA) is 73.8 Å². The van der Waals surface area contributed by atoms with Crippen molar-refractivity contribution in [2.75, 3.05) is 5.32 Å². The lowest BCUT2D eigenvalue weighted by molar-refractivity contribution is 0.0995. The van der Waals surface area contributed by atoms with Gasteiger partial charge in [0.1, 0.15) is 0 Å². The Bertz CT molecular complexity index is 1580. The van der Waals surface area contributed by atoms with Gasteiger partial charge in [-0.3, -0.25) is 4.79 Å². The Labute approximate surface area is 202 Å². The molecule has 0 fully saturated rings. The molecule has 5 nitrogen and oxygen atoms in total. The van der Waals surface area contributed by atoms with Gasteiger partial charge in [0, 0.05) is 51.4 Å². The van der Waals surface area contributed by atoms with Crippen LogP contribution in [0.4, 0.5) is 5.69 Å². The van der Waals surface area contributed by atoms with E-state index < -0.39 is 0 Å². The van der Waals surface area contributed by atoms with Gasteiger partial charge >= 0.3 is 0 Å². The van der Waals surface area contributed by atoms with Crippen molar-refractivity contribution in [3.05, 3.63) is 126 Å². The zero-order valence-electron chi connectivity index (χ0n) is 19.3. The second kappa shape index (κ2) is 8.69. The molecule has 0 bridgehead atoms. The number of furan rings is 1. The molecule has 3 heterocycles. The minimum atomic E-state index is -0.240. The summed E-state index contributed by atoms with van der Waals surface area (Å²) in [5.41, 5.74) is 7.35. The minimum absolute atomic E-state index is 0.0747. The Morgan fingerprint density at radius 3 is 2.06 bits per heavy atom. The van der Waals surface area contributed by atoms with Crippen molar-refractivity contribution in [2.24, 2.45) is 0 Å². The summed E-state index contributed by atoms with van der Waals surface area (Å²) < 4.78 is 5.41. The second-order valence-corrected chi connectivity index (χ2v) is 8.88. The lowest BCUT2D eigenvalue weighted by Gasteiger charge is -2.19. The van der Waals surface area contributed by atoms with Crippen LogP contribution in [-0.4, -0.2) is 15.9 Å². The maximum absolute atomic E-state index is 12.9. The van der Waals surface area contributed by atoms with Gasteiger partial charge in [0.25, 0.3) is 5.91 Å². The number of aromatic nitrogens is 2. The molecule has 3 aromatic carbocycles. The van der Waals surface area contributed by atoms with Crippen molar-refractivity contribution >= 4 is 33.4 Å². The second-order valence-electron chi connectivity index (χ2n) is 8.88. The van der Waals surface area contributed by atoms with Crippen LogP contribution in [0.15, 0.2) is 102 Å². The van der Waals surface area contributed by atoms with Crippen LogP contribution in [0.1, 0.15) is 38.7 Å². The molecule has 6 rings (SSSR count). The van der Waals surface area contributed by atoms with Gasteiger partial charge in [-0.15, -0.1) is 0 Å². The zero-order chi connectivity index (χ0) is 23.8. The highest BCUT2D eigenvalue weighted by atomic mass is 16.3. The normalized spacial score (nSPS) is 11.5. The molecule has 0 unspecified atom stereocenters. The van der Waals surface area contributed by atoms with Gasteiger partial charge < -0.3 is 19.7 Å². The molecular formula is C30H25N3O2. The van der Waals surface area contributed by atoms with E-state index in [1.807, 2.05) is 37.3 Å². The van der Waals surface area contributed by atoms with Gasteiger partial charge in [0.05, 0.1) is 6.26 Å². The summed E-state index contributed by atoms with van der Waals surface area (Å²) in [5.74, 6) is 0.172. The Hall–Kier alpha value is -4.51. The van der Waals surface area contributed by atoms with E-state index in [9.17, 15) is 4.79 Å². The number of hydrogen-bond acceptors (Lipinski definition) is 2. The van der Waals surface area contributed by atoms with Crippen LogP contribution in [0.2, 0.25) is 0 Å². The first-order valence-electron chi connectivity index (χ1n) is 11.7. The van der Waals surface area contributed by atoms with Crippen molar-refractivity contribution in [1.29, 1.82) is 0 Å². The first kappa shape index (κ1) is 21.1. The van der Waals surface area contributed by atoms with Crippen LogP contribution < -0.4 is 5.32 Å². The summed E-state index contributed by atoms with van der Waals surface area (Å²) in [5, 5.41) is 5.48. The van der Waals surface area contributed by atoms with E-state index in [0.717, 1.165) is 34.3 Å². The third kappa shape index (κ3) is 3.81. The number of nitrogens with one attached hydrogen (secondary N) is 3. The fourth-order valence-corrected chi connectivity index (χ4v) is 4.98. The Morgan fingerprint density at radius 1 is 0.829 bits per heavy atom. The van der Waals surface area contributed by atoms with Gasteiger partial charge in [-0.1, -0.05) is 54.6 Å². The van der Waals surface area contributed by atoms with Gasteiger partial charge in [0.15, 0.2) is 5.76 Å². The molecule has 6 aromatic rings. The van der Waals surface area contributed by atoms with Crippen molar-refractivity contribution < 1.29 is 9.21 Å². The summed E-state index contributed by atoms with van der Waals surface area (Å²) in [7, 11) is 0. The molecule has 35 heavy (non-hydrogen) atoms. The number of hydrogen-bond donors (Lipinski definition) is 3. The highest BCUT2D eigenvalue weighted by molar-refractivity contribution is 6.03. The quantitative estimate of drug-likeness (QED) is 0.247. The summed E-state index contributed by atoms with van der Waals surface area (Å²) in [6.45, 7) is 1.87. The molecule has 0 spiro atoms. The zero-order valence-corrected chi connectivity index (χ0v) is 19.3. The van der Waals surface area contributed by atoms with Crippen molar-refractivity contribution in [1.82, 2.24) is 9.97 Å². The number of carbonyl (C=O) groups is 1. The summed E-state index contributed by atoms with van der Waals surface area (Å²) in [6.07, 6.45) is 6.49. The van der Waals surface area contributed by atoms with Gasteiger partial charge in [0.2, 0.25) is 0 Å². The Morgan fingerprint density at radius 2 is 1.43 bits per heavy atom. The number of carbonyl (C=O) groups excluding carboxylic acids is 1. The predicted octanol–water partition coefficient (Wildman–Crippen LogP) is 7.18. The van der Waals surface area contributed by atoms with Crippen LogP contribution in [0.5, 0.6) is 0 Å². The van der Waals surface area contributed by atoms with E-state index in [1.54, 1.807) is 12.3 Å². The number of anilines is 1. The number of fused-ring (bicyclic) bond motifs is 2. The largest absolute Gasteiger partial charge is 0.459 e. The Balaban J connectivity index is 1.44. The third-order valence-corrected chi connectivity index (χ3v) is 6.75. The number of rotatable bonds is 6.